The monoisotopic (exact) mass is 333 g/mol. The van der Waals surface area contributed by atoms with Crippen LogP contribution in [0.5, 0.6) is 11.6 Å². The number of ether oxygens (including phenoxy) is 1. The fourth-order valence-electron chi connectivity index (χ4n) is 2.34. The molecule has 0 saturated carbocycles. The van der Waals surface area contributed by atoms with Gasteiger partial charge in [0.2, 0.25) is 5.88 Å². The Balaban J connectivity index is 1.63. The molecule has 0 aliphatic rings. The summed E-state index contributed by atoms with van der Waals surface area (Å²) in [5.74, 6) is 0.893. The van der Waals surface area contributed by atoms with Crippen LogP contribution in [0.3, 0.4) is 0 Å². The highest BCUT2D eigenvalue weighted by Gasteiger charge is 2.11. The average molecular weight is 333 g/mol. The zero-order chi connectivity index (χ0) is 17.6. The number of aryl methyl sites for hydroxylation is 1. The summed E-state index contributed by atoms with van der Waals surface area (Å²) in [5, 5.41) is 10.9. The first-order valence-corrected chi connectivity index (χ1v) is 8.06. The van der Waals surface area contributed by atoms with E-state index in [9.17, 15) is 4.79 Å². The van der Waals surface area contributed by atoms with Crippen molar-refractivity contribution < 1.29 is 9.53 Å². The van der Waals surface area contributed by atoms with Gasteiger partial charge in [-0.3, -0.25) is 4.79 Å². The Morgan fingerprint density at radius 1 is 0.960 bits per heavy atom. The Morgan fingerprint density at radius 2 is 1.68 bits per heavy atom. The van der Waals surface area contributed by atoms with Crippen LogP contribution in [0.1, 0.15) is 34.6 Å². The highest BCUT2D eigenvalue weighted by atomic mass is 16.5. The molecule has 126 valence electrons. The fourth-order valence-corrected chi connectivity index (χ4v) is 2.34. The smallest absolute Gasteiger partial charge is 0.251 e. The van der Waals surface area contributed by atoms with Gasteiger partial charge < -0.3 is 10.1 Å². The Hall–Kier alpha value is -3.21. The molecule has 0 aliphatic heterocycles. The minimum atomic E-state index is -0.127. The van der Waals surface area contributed by atoms with Crippen LogP contribution in [0, 0.1) is 6.92 Å². The molecular formula is C20H19N3O2. The summed E-state index contributed by atoms with van der Waals surface area (Å²) in [6.07, 6.45) is 0. The van der Waals surface area contributed by atoms with Gasteiger partial charge in [-0.05, 0) is 49.7 Å². The van der Waals surface area contributed by atoms with Gasteiger partial charge in [-0.2, -0.15) is 5.10 Å². The second kappa shape index (κ2) is 7.57. The summed E-state index contributed by atoms with van der Waals surface area (Å²) in [6, 6.07) is 20.3. The van der Waals surface area contributed by atoms with Crippen molar-refractivity contribution in [2.24, 2.45) is 0 Å². The lowest BCUT2D eigenvalue weighted by Gasteiger charge is -2.14. The number of carbonyl (C=O) groups is 1. The van der Waals surface area contributed by atoms with Gasteiger partial charge in [0.1, 0.15) is 5.75 Å². The Bertz CT molecular complexity index is 831. The molecule has 0 aliphatic carbocycles. The zero-order valence-electron chi connectivity index (χ0n) is 14.1. The molecule has 3 aromatic rings. The molecule has 3 rings (SSSR count). The van der Waals surface area contributed by atoms with E-state index < -0.39 is 0 Å². The molecule has 0 bridgehead atoms. The van der Waals surface area contributed by atoms with E-state index in [4.69, 9.17) is 4.74 Å². The van der Waals surface area contributed by atoms with E-state index in [1.54, 1.807) is 30.3 Å². The molecule has 1 N–H and O–H groups in total. The molecule has 0 fully saturated rings. The number of benzene rings is 2. The van der Waals surface area contributed by atoms with Gasteiger partial charge in [0.15, 0.2) is 0 Å². The van der Waals surface area contributed by atoms with Crippen molar-refractivity contribution in [1.29, 1.82) is 0 Å². The number of nitrogens with one attached hydrogen (secondary N) is 1. The van der Waals surface area contributed by atoms with Crippen LogP contribution in [0.4, 0.5) is 0 Å². The van der Waals surface area contributed by atoms with Crippen LogP contribution in [-0.2, 0) is 0 Å². The van der Waals surface area contributed by atoms with Gasteiger partial charge in [0, 0.05) is 11.6 Å². The number of hydrogen-bond acceptors (Lipinski definition) is 4. The molecule has 0 saturated heterocycles. The summed E-state index contributed by atoms with van der Waals surface area (Å²) in [4.78, 5) is 12.4. The third kappa shape index (κ3) is 4.41. The zero-order valence-corrected chi connectivity index (χ0v) is 14.1. The molecule has 1 atom stereocenters. The highest BCUT2D eigenvalue weighted by Crippen LogP contribution is 2.20. The molecule has 25 heavy (non-hydrogen) atoms. The first kappa shape index (κ1) is 16.6. The molecular weight excluding hydrogens is 314 g/mol. The van der Waals surface area contributed by atoms with Gasteiger partial charge in [0.25, 0.3) is 5.91 Å². The third-order valence-electron chi connectivity index (χ3n) is 3.76. The average Bonchev–Trinajstić information content (AvgIpc) is 2.65. The number of carbonyl (C=O) groups excluding carboxylic acids is 1. The van der Waals surface area contributed by atoms with E-state index in [-0.39, 0.29) is 11.9 Å². The van der Waals surface area contributed by atoms with Crippen molar-refractivity contribution in [3.63, 3.8) is 0 Å². The summed E-state index contributed by atoms with van der Waals surface area (Å²) < 4.78 is 5.61. The quantitative estimate of drug-likeness (QED) is 0.764. The number of rotatable bonds is 5. The van der Waals surface area contributed by atoms with Crippen LogP contribution in [0.15, 0.2) is 66.7 Å². The summed E-state index contributed by atoms with van der Waals surface area (Å²) in [6.45, 7) is 3.82. The van der Waals surface area contributed by atoms with Crippen molar-refractivity contribution >= 4 is 5.91 Å². The lowest BCUT2D eigenvalue weighted by atomic mass is 10.1. The van der Waals surface area contributed by atoms with Gasteiger partial charge >= 0.3 is 0 Å². The predicted molar refractivity (Wildman–Crippen MR) is 95.6 cm³/mol. The van der Waals surface area contributed by atoms with Crippen LogP contribution in [0.25, 0.3) is 0 Å². The Morgan fingerprint density at radius 3 is 2.32 bits per heavy atom. The lowest BCUT2D eigenvalue weighted by molar-refractivity contribution is 0.0940. The first-order valence-electron chi connectivity index (χ1n) is 8.06. The minimum Gasteiger partial charge on any atom is -0.438 e. The van der Waals surface area contributed by atoms with Crippen molar-refractivity contribution in [1.82, 2.24) is 15.5 Å². The van der Waals surface area contributed by atoms with E-state index in [0.29, 0.717) is 17.2 Å². The summed E-state index contributed by atoms with van der Waals surface area (Å²) in [7, 11) is 0. The van der Waals surface area contributed by atoms with E-state index in [0.717, 1.165) is 11.3 Å². The van der Waals surface area contributed by atoms with Crippen molar-refractivity contribution in [3.8, 4) is 11.6 Å². The minimum absolute atomic E-state index is 0.0625. The number of aromatic nitrogens is 2. The topological polar surface area (TPSA) is 64.1 Å². The fraction of sp³-hybridized carbons (Fsp3) is 0.150. The van der Waals surface area contributed by atoms with Crippen molar-refractivity contribution in [3.05, 3.63) is 83.6 Å². The Labute approximate surface area is 146 Å². The predicted octanol–water partition coefficient (Wildman–Crippen LogP) is 4.07. The van der Waals surface area contributed by atoms with Crippen LogP contribution in [0.2, 0.25) is 0 Å². The normalized spacial score (nSPS) is 11.6. The number of nitrogens with zero attached hydrogens (tertiary/aromatic N) is 2. The Kier molecular flexibility index (Phi) is 5.04. The highest BCUT2D eigenvalue weighted by molar-refractivity contribution is 5.94. The van der Waals surface area contributed by atoms with Crippen LogP contribution in [-0.4, -0.2) is 16.1 Å². The molecule has 5 nitrogen and oxygen atoms in total. The maximum atomic E-state index is 12.4. The van der Waals surface area contributed by atoms with Crippen LogP contribution < -0.4 is 10.1 Å². The second-order valence-electron chi connectivity index (χ2n) is 5.75. The SMILES string of the molecule is Cc1ccc(Oc2ccc(C(=O)N[C@H](C)c3ccccc3)cc2)nn1. The molecule has 1 aromatic heterocycles. The molecule has 1 amide bonds. The number of amides is 1. The van der Waals surface area contributed by atoms with Crippen LogP contribution >= 0.6 is 0 Å². The van der Waals surface area contributed by atoms with Crippen molar-refractivity contribution in [2.75, 3.05) is 0 Å². The largest absolute Gasteiger partial charge is 0.438 e. The molecule has 5 heteroatoms. The van der Waals surface area contributed by atoms with E-state index in [1.165, 1.54) is 0 Å². The van der Waals surface area contributed by atoms with E-state index >= 15 is 0 Å². The van der Waals surface area contributed by atoms with Gasteiger partial charge in [-0.15, -0.1) is 5.10 Å². The summed E-state index contributed by atoms with van der Waals surface area (Å²) >= 11 is 0. The standard InChI is InChI=1S/C20H19N3O2/c1-14-8-13-19(23-22-14)25-18-11-9-17(10-12-18)20(24)21-15(2)16-6-4-3-5-7-16/h3-13,15H,1-2H3,(H,21,24)/t15-/m1/s1. The van der Waals surface area contributed by atoms with Gasteiger partial charge in [-0.1, -0.05) is 30.3 Å². The number of hydrogen-bond donors (Lipinski definition) is 1. The van der Waals surface area contributed by atoms with Crippen molar-refractivity contribution in [2.45, 2.75) is 19.9 Å². The second-order valence-corrected chi connectivity index (χ2v) is 5.75. The van der Waals surface area contributed by atoms with E-state index in [1.807, 2.05) is 50.2 Å². The molecule has 2 aromatic carbocycles. The van der Waals surface area contributed by atoms with Gasteiger partial charge in [0.05, 0.1) is 11.7 Å². The molecule has 1 heterocycles. The maximum Gasteiger partial charge on any atom is 0.251 e. The molecule has 0 spiro atoms. The first-order chi connectivity index (χ1) is 12.1. The lowest BCUT2D eigenvalue weighted by Crippen LogP contribution is -2.26. The molecule has 0 unspecified atom stereocenters. The third-order valence-corrected chi connectivity index (χ3v) is 3.76. The molecule has 0 radical (unpaired) electrons. The van der Waals surface area contributed by atoms with Gasteiger partial charge in [-0.25, -0.2) is 0 Å². The van der Waals surface area contributed by atoms with E-state index in [2.05, 4.69) is 15.5 Å². The maximum absolute atomic E-state index is 12.4. The summed E-state index contributed by atoms with van der Waals surface area (Å²) in [5.41, 5.74) is 2.46.